The number of nitrogens with zero attached hydrogens (tertiary/aromatic N) is 3. The number of nitrogen functional groups attached to an aromatic ring is 1. The lowest BCUT2D eigenvalue weighted by Crippen LogP contribution is -2.52. The molecule has 0 saturated carbocycles. The van der Waals surface area contributed by atoms with Gasteiger partial charge in [-0.05, 0) is 74.1 Å². The Morgan fingerprint density at radius 1 is 1.12 bits per heavy atom. The quantitative estimate of drug-likeness (QED) is 0.508. The number of anilines is 3. The van der Waals surface area contributed by atoms with Crippen LogP contribution in [-0.4, -0.2) is 36.3 Å². The standard InChI is InChI=1S/C25H28F3N5O/c1-13(15-7-16(25(26,27)28)9-17(29)8-15)30-24-21-10-22(33-11-18(12-33)34-3)19-5-4-6-20(19)23(21)31-14(2)32-24/h7-10,13,18H,4-6,11-12,29H2,1-3H3,(H,30,31,32). The van der Waals surface area contributed by atoms with Crippen molar-refractivity contribution in [2.24, 2.45) is 0 Å². The van der Waals surface area contributed by atoms with Crippen LogP contribution < -0.4 is 16.0 Å². The molecule has 1 atom stereocenters. The topological polar surface area (TPSA) is 76.3 Å². The number of alkyl halides is 3. The molecule has 34 heavy (non-hydrogen) atoms. The Morgan fingerprint density at radius 2 is 1.85 bits per heavy atom. The number of rotatable bonds is 5. The van der Waals surface area contributed by atoms with Gasteiger partial charge in [-0.25, -0.2) is 9.97 Å². The van der Waals surface area contributed by atoms with Crippen LogP contribution in [0.2, 0.25) is 0 Å². The first kappa shape index (κ1) is 22.7. The van der Waals surface area contributed by atoms with Gasteiger partial charge in [0.2, 0.25) is 0 Å². The molecule has 1 unspecified atom stereocenters. The number of aryl methyl sites for hydroxylation is 2. The van der Waals surface area contributed by atoms with E-state index in [0.717, 1.165) is 55.4 Å². The molecule has 5 rings (SSSR count). The monoisotopic (exact) mass is 471 g/mol. The minimum absolute atomic E-state index is 0.0767. The number of hydrogen-bond acceptors (Lipinski definition) is 6. The van der Waals surface area contributed by atoms with Crippen LogP contribution in [0.3, 0.4) is 0 Å². The summed E-state index contributed by atoms with van der Waals surface area (Å²) in [5.74, 6) is 1.24. The first-order valence-electron chi connectivity index (χ1n) is 11.5. The summed E-state index contributed by atoms with van der Waals surface area (Å²) in [7, 11) is 1.73. The van der Waals surface area contributed by atoms with Gasteiger partial charge in [-0.2, -0.15) is 13.2 Å². The van der Waals surface area contributed by atoms with Crippen molar-refractivity contribution in [1.82, 2.24) is 9.97 Å². The van der Waals surface area contributed by atoms with Crippen LogP contribution in [0, 0.1) is 6.92 Å². The Balaban J connectivity index is 1.56. The maximum atomic E-state index is 13.3. The zero-order valence-electron chi connectivity index (χ0n) is 19.5. The first-order valence-corrected chi connectivity index (χ1v) is 11.5. The summed E-state index contributed by atoms with van der Waals surface area (Å²) in [6, 6.07) is 5.34. The van der Waals surface area contributed by atoms with E-state index in [4.69, 9.17) is 15.5 Å². The first-order chi connectivity index (χ1) is 16.1. The van der Waals surface area contributed by atoms with Crippen molar-refractivity contribution in [3.8, 4) is 0 Å². The summed E-state index contributed by atoms with van der Waals surface area (Å²) >= 11 is 0. The Bertz CT molecular complexity index is 1250. The van der Waals surface area contributed by atoms with Gasteiger partial charge in [-0.15, -0.1) is 0 Å². The number of methoxy groups -OCH3 is 1. The van der Waals surface area contributed by atoms with Gasteiger partial charge in [0.1, 0.15) is 11.6 Å². The number of nitrogens with one attached hydrogen (secondary N) is 1. The number of fused-ring (bicyclic) bond motifs is 3. The second kappa shape index (κ2) is 8.30. The summed E-state index contributed by atoms with van der Waals surface area (Å²) in [6.07, 6.45) is -1.19. The van der Waals surface area contributed by atoms with Crippen molar-refractivity contribution in [3.63, 3.8) is 0 Å². The minimum atomic E-state index is -4.46. The molecule has 180 valence electrons. The highest BCUT2D eigenvalue weighted by Crippen LogP contribution is 2.41. The Morgan fingerprint density at radius 3 is 2.56 bits per heavy atom. The highest BCUT2D eigenvalue weighted by molar-refractivity contribution is 5.96. The molecule has 9 heteroatoms. The predicted octanol–water partition coefficient (Wildman–Crippen LogP) is 5.04. The van der Waals surface area contributed by atoms with Crippen molar-refractivity contribution >= 4 is 28.1 Å². The van der Waals surface area contributed by atoms with E-state index in [1.54, 1.807) is 13.2 Å². The summed E-state index contributed by atoms with van der Waals surface area (Å²) in [5, 5.41) is 4.23. The van der Waals surface area contributed by atoms with Crippen LogP contribution in [0.15, 0.2) is 24.3 Å². The van der Waals surface area contributed by atoms with E-state index in [2.05, 4.69) is 21.3 Å². The molecular weight excluding hydrogens is 443 g/mol. The second-order valence-electron chi connectivity index (χ2n) is 9.24. The number of aromatic nitrogens is 2. The van der Waals surface area contributed by atoms with Gasteiger partial charge in [0.25, 0.3) is 0 Å². The zero-order chi connectivity index (χ0) is 24.2. The van der Waals surface area contributed by atoms with Crippen molar-refractivity contribution in [1.29, 1.82) is 0 Å². The molecule has 0 bridgehead atoms. The van der Waals surface area contributed by atoms with E-state index in [1.807, 2.05) is 13.8 Å². The molecule has 2 aromatic carbocycles. The molecular formula is C25H28F3N5O. The molecule has 1 aliphatic carbocycles. The van der Waals surface area contributed by atoms with Crippen LogP contribution in [-0.2, 0) is 23.8 Å². The molecule has 3 N–H and O–H groups in total. The SMILES string of the molecule is COC1CN(c2cc3c(NC(C)c4cc(N)cc(C(F)(F)F)c4)nc(C)nc3c3c2CCC3)C1. The van der Waals surface area contributed by atoms with Crippen molar-refractivity contribution in [3.05, 3.63) is 52.3 Å². The highest BCUT2D eigenvalue weighted by Gasteiger charge is 2.33. The van der Waals surface area contributed by atoms with Gasteiger partial charge in [0.05, 0.1) is 23.2 Å². The van der Waals surface area contributed by atoms with E-state index in [9.17, 15) is 13.2 Å². The average molecular weight is 472 g/mol. The summed E-state index contributed by atoms with van der Waals surface area (Å²) < 4.78 is 45.4. The number of nitrogens with two attached hydrogens (primary N) is 1. The van der Waals surface area contributed by atoms with Gasteiger partial charge in [-0.3, -0.25) is 0 Å². The van der Waals surface area contributed by atoms with Gasteiger partial charge < -0.3 is 20.7 Å². The van der Waals surface area contributed by atoms with E-state index >= 15 is 0 Å². The molecule has 3 aromatic rings. The summed E-state index contributed by atoms with van der Waals surface area (Å²) in [4.78, 5) is 11.7. The summed E-state index contributed by atoms with van der Waals surface area (Å²) in [5.41, 5.74) is 10.2. The molecule has 0 amide bonds. The average Bonchev–Trinajstić information content (AvgIpc) is 3.23. The Labute approximate surface area is 196 Å². The number of ether oxygens (including phenoxy) is 1. The maximum absolute atomic E-state index is 13.3. The molecule has 0 spiro atoms. The van der Waals surface area contributed by atoms with Crippen molar-refractivity contribution < 1.29 is 17.9 Å². The Hall–Kier alpha value is -3.07. The lowest BCUT2D eigenvalue weighted by atomic mass is 9.99. The van der Waals surface area contributed by atoms with Crippen LogP contribution in [0.4, 0.5) is 30.4 Å². The van der Waals surface area contributed by atoms with Crippen LogP contribution in [0.25, 0.3) is 10.9 Å². The van der Waals surface area contributed by atoms with Crippen LogP contribution in [0.5, 0.6) is 0 Å². The third-order valence-electron chi connectivity index (χ3n) is 6.83. The molecule has 2 heterocycles. The molecule has 1 saturated heterocycles. The highest BCUT2D eigenvalue weighted by atomic mass is 19.4. The lowest BCUT2D eigenvalue weighted by Gasteiger charge is -2.41. The van der Waals surface area contributed by atoms with Crippen molar-refractivity contribution in [2.45, 2.75) is 51.4 Å². The molecule has 1 aliphatic heterocycles. The third kappa shape index (κ3) is 4.02. The fraction of sp³-hybridized carbons (Fsp3) is 0.440. The third-order valence-corrected chi connectivity index (χ3v) is 6.83. The molecule has 6 nitrogen and oxygen atoms in total. The normalized spacial score (nSPS) is 17.1. The van der Waals surface area contributed by atoms with E-state index in [0.29, 0.717) is 17.2 Å². The van der Waals surface area contributed by atoms with Gasteiger partial charge >= 0.3 is 6.18 Å². The maximum Gasteiger partial charge on any atom is 0.416 e. The smallest absolute Gasteiger partial charge is 0.399 e. The van der Waals surface area contributed by atoms with E-state index in [1.165, 1.54) is 16.8 Å². The molecule has 1 aromatic heterocycles. The molecule has 0 radical (unpaired) electrons. The zero-order valence-corrected chi connectivity index (χ0v) is 19.5. The number of hydrogen-bond donors (Lipinski definition) is 2. The van der Waals surface area contributed by atoms with Crippen LogP contribution in [0.1, 0.15) is 47.5 Å². The minimum Gasteiger partial charge on any atom is -0.399 e. The number of halogens is 3. The fourth-order valence-corrected chi connectivity index (χ4v) is 5.01. The second-order valence-corrected chi connectivity index (χ2v) is 9.24. The van der Waals surface area contributed by atoms with E-state index in [-0.39, 0.29) is 11.8 Å². The number of benzene rings is 2. The Kier molecular flexibility index (Phi) is 5.55. The van der Waals surface area contributed by atoms with Crippen LogP contribution >= 0.6 is 0 Å². The molecule has 2 aliphatic rings. The molecule has 1 fully saturated rings. The summed E-state index contributed by atoms with van der Waals surface area (Å²) in [6.45, 7) is 5.32. The van der Waals surface area contributed by atoms with Gasteiger partial charge in [-0.1, -0.05) is 0 Å². The lowest BCUT2D eigenvalue weighted by molar-refractivity contribution is -0.137. The predicted molar refractivity (Wildman–Crippen MR) is 127 cm³/mol. The van der Waals surface area contributed by atoms with Gasteiger partial charge in [0.15, 0.2) is 0 Å². The van der Waals surface area contributed by atoms with E-state index < -0.39 is 17.8 Å². The largest absolute Gasteiger partial charge is 0.416 e. The van der Waals surface area contributed by atoms with Gasteiger partial charge in [0, 0.05) is 37.0 Å². The fourth-order valence-electron chi connectivity index (χ4n) is 5.01. The van der Waals surface area contributed by atoms with Crippen molar-refractivity contribution in [2.75, 3.05) is 36.1 Å².